The zero-order valence-corrected chi connectivity index (χ0v) is 15.2. The lowest BCUT2D eigenvalue weighted by Crippen LogP contribution is -2.41. The van der Waals surface area contributed by atoms with Gasteiger partial charge in [0, 0.05) is 32.7 Å². The van der Waals surface area contributed by atoms with Crippen LogP contribution in [0.25, 0.3) is 0 Å². The van der Waals surface area contributed by atoms with Crippen molar-refractivity contribution < 1.29 is 22.6 Å². The molecule has 1 aromatic carbocycles. The SMILES string of the molecule is CCNC(=NCCOc1ccccc1C(F)(F)F)N(C)CC1CCOC1. The number of alkyl halides is 3. The van der Waals surface area contributed by atoms with Crippen LogP contribution in [0.1, 0.15) is 18.9 Å². The molecule has 1 unspecified atom stereocenters. The van der Waals surface area contributed by atoms with Crippen molar-refractivity contribution in [1.82, 2.24) is 10.2 Å². The third kappa shape index (κ3) is 6.09. The van der Waals surface area contributed by atoms with E-state index in [4.69, 9.17) is 9.47 Å². The van der Waals surface area contributed by atoms with Crippen LogP contribution in [0.15, 0.2) is 29.3 Å². The van der Waals surface area contributed by atoms with Gasteiger partial charge in [0.05, 0.1) is 18.7 Å². The summed E-state index contributed by atoms with van der Waals surface area (Å²) in [5, 5.41) is 3.19. The first kappa shape index (κ1) is 20.4. The first-order valence-electron chi connectivity index (χ1n) is 8.78. The van der Waals surface area contributed by atoms with E-state index in [1.807, 2.05) is 18.9 Å². The van der Waals surface area contributed by atoms with Crippen LogP contribution in [-0.4, -0.2) is 57.4 Å². The predicted octanol–water partition coefficient (Wildman–Crippen LogP) is 3.02. The van der Waals surface area contributed by atoms with E-state index in [2.05, 4.69) is 10.3 Å². The summed E-state index contributed by atoms with van der Waals surface area (Å²) in [4.78, 5) is 6.47. The summed E-state index contributed by atoms with van der Waals surface area (Å²) < 4.78 is 49.6. The lowest BCUT2D eigenvalue weighted by molar-refractivity contribution is -0.138. The van der Waals surface area contributed by atoms with Crippen molar-refractivity contribution >= 4 is 5.96 Å². The summed E-state index contributed by atoms with van der Waals surface area (Å²) in [6.45, 7) is 5.38. The average molecular weight is 373 g/mol. The average Bonchev–Trinajstić information content (AvgIpc) is 3.10. The van der Waals surface area contributed by atoms with Crippen LogP contribution < -0.4 is 10.1 Å². The molecule has 0 radical (unpaired) electrons. The molecule has 5 nitrogen and oxygen atoms in total. The number of rotatable bonds is 7. The van der Waals surface area contributed by atoms with Crippen LogP contribution >= 0.6 is 0 Å². The Morgan fingerprint density at radius 1 is 1.38 bits per heavy atom. The van der Waals surface area contributed by atoms with Crippen molar-refractivity contribution in [1.29, 1.82) is 0 Å². The van der Waals surface area contributed by atoms with Crippen LogP contribution in [0.5, 0.6) is 5.75 Å². The van der Waals surface area contributed by atoms with Gasteiger partial charge in [0.1, 0.15) is 12.4 Å². The number of para-hydroxylation sites is 1. The number of benzene rings is 1. The fourth-order valence-corrected chi connectivity index (χ4v) is 2.80. The largest absolute Gasteiger partial charge is 0.491 e. The topological polar surface area (TPSA) is 46.1 Å². The van der Waals surface area contributed by atoms with Gasteiger partial charge in [-0.05, 0) is 25.5 Å². The van der Waals surface area contributed by atoms with Crippen molar-refractivity contribution in [2.75, 3.05) is 46.5 Å². The van der Waals surface area contributed by atoms with E-state index in [0.29, 0.717) is 18.4 Å². The minimum absolute atomic E-state index is 0.0718. The second kappa shape index (κ2) is 9.66. The maximum absolute atomic E-state index is 13.0. The van der Waals surface area contributed by atoms with Crippen molar-refractivity contribution in [3.05, 3.63) is 29.8 Å². The number of ether oxygens (including phenoxy) is 2. The molecule has 1 N–H and O–H groups in total. The van der Waals surface area contributed by atoms with Crippen LogP contribution in [0, 0.1) is 5.92 Å². The molecule has 0 amide bonds. The van der Waals surface area contributed by atoms with Gasteiger partial charge in [-0.2, -0.15) is 13.2 Å². The highest BCUT2D eigenvalue weighted by molar-refractivity contribution is 5.79. The molecule has 1 fully saturated rings. The van der Waals surface area contributed by atoms with E-state index in [0.717, 1.165) is 32.2 Å². The Hall–Kier alpha value is -1.96. The molecule has 2 rings (SSSR count). The van der Waals surface area contributed by atoms with E-state index < -0.39 is 11.7 Å². The molecule has 8 heteroatoms. The van der Waals surface area contributed by atoms with Crippen LogP contribution in [-0.2, 0) is 10.9 Å². The molecule has 1 aliphatic heterocycles. The zero-order valence-electron chi connectivity index (χ0n) is 15.2. The maximum Gasteiger partial charge on any atom is 0.419 e. The first-order valence-corrected chi connectivity index (χ1v) is 8.78. The Morgan fingerprint density at radius 2 is 2.15 bits per heavy atom. The number of hydrogen-bond acceptors (Lipinski definition) is 3. The van der Waals surface area contributed by atoms with E-state index >= 15 is 0 Å². The lowest BCUT2D eigenvalue weighted by Gasteiger charge is -2.24. The summed E-state index contributed by atoms with van der Waals surface area (Å²) in [5.41, 5.74) is -0.769. The van der Waals surface area contributed by atoms with Crippen LogP contribution in [0.3, 0.4) is 0 Å². The number of aliphatic imine (C=N–C) groups is 1. The number of nitrogens with one attached hydrogen (secondary N) is 1. The molecule has 1 aromatic rings. The zero-order chi connectivity index (χ0) is 19.0. The highest BCUT2D eigenvalue weighted by Gasteiger charge is 2.33. The van der Waals surface area contributed by atoms with Crippen LogP contribution in [0.4, 0.5) is 13.2 Å². The molecular weight excluding hydrogens is 347 g/mol. The molecule has 1 heterocycles. The predicted molar refractivity (Wildman–Crippen MR) is 94.5 cm³/mol. The van der Waals surface area contributed by atoms with Crippen molar-refractivity contribution in [3.8, 4) is 5.75 Å². The minimum atomic E-state index is -4.43. The number of halogens is 3. The third-order valence-electron chi connectivity index (χ3n) is 4.06. The van der Waals surface area contributed by atoms with Crippen molar-refractivity contribution in [3.63, 3.8) is 0 Å². The molecule has 1 saturated heterocycles. The quantitative estimate of drug-likeness (QED) is 0.453. The van der Waals surface area contributed by atoms with E-state index in [9.17, 15) is 13.2 Å². The van der Waals surface area contributed by atoms with Crippen LogP contribution in [0.2, 0.25) is 0 Å². The minimum Gasteiger partial charge on any atom is -0.491 e. The lowest BCUT2D eigenvalue weighted by atomic mass is 10.1. The Labute approximate surface area is 152 Å². The Morgan fingerprint density at radius 3 is 2.81 bits per heavy atom. The van der Waals surface area contributed by atoms with E-state index in [1.165, 1.54) is 18.2 Å². The summed E-state index contributed by atoms with van der Waals surface area (Å²) in [6.07, 6.45) is -3.40. The Bertz CT molecular complexity index is 587. The van der Waals surface area contributed by atoms with Gasteiger partial charge >= 0.3 is 6.18 Å². The summed E-state index contributed by atoms with van der Waals surface area (Å²) in [7, 11) is 1.94. The van der Waals surface area contributed by atoms with Gasteiger partial charge in [-0.3, -0.25) is 0 Å². The standard InChI is InChI=1S/C18H26F3N3O2/c1-3-22-17(24(2)12-14-8-10-25-13-14)23-9-11-26-16-7-5-4-6-15(16)18(19,20)21/h4-7,14H,3,8-13H2,1-2H3,(H,22,23). The molecule has 26 heavy (non-hydrogen) atoms. The number of hydrogen-bond donors (Lipinski definition) is 1. The van der Waals surface area contributed by atoms with Gasteiger partial charge in [0.2, 0.25) is 0 Å². The third-order valence-corrected chi connectivity index (χ3v) is 4.06. The monoisotopic (exact) mass is 373 g/mol. The van der Waals surface area contributed by atoms with Gasteiger partial charge < -0.3 is 19.7 Å². The molecule has 146 valence electrons. The number of guanidine groups is 1. The molecule has 0 spiro atoms. The molecule has 0 bridgehead atoms. The first-order chi connectivity index (χ1) is 12.4. The Kier molecular flexibility index (Phi) is 7.56. The molecule has 0 saturated carbocycles. The molecule has 1 atom stereocenters. The fraction of sp³-hybridized carbons (Fsp3) is 0.611. The summed E-state index contributed by atoms with van der Waals surface area (Å²) in [6, 6.07) is 5.21. The van der Waals surface area contributed by atoms with E-state index in [1.54, 1.807) is 0 Å². The van der Waals surface area contributed by atoms with Crippen molar-refractivity contribution in [2.45, 2.75) is 19.5 Å². The van der Waals surface area contributed by atoms with Gasteiger partial charge in [-0.25, -0.2) is 4.99 Å². The molecule has 0 aliphatic carbocycles. The van der Waals surface area contributed by atoms with Gasteiger partial charge in [0.15, 0.2) is 5.96 Å². The molecule has 1 aliphatic rings. The van der Waals surface area contributed by atoms with Crippen molar-refractivity contribution in [2.24, 2.45) is 10.9 Å². The molecule has 0 aromatic heterocycles. The van der Waals surface area contributed by atoms with Gasteiger partial charge in [0.25, 0.3) is 0 Å². The molecular formula is C18H26F3N3O2. The Balaban J connectivity index is 1.90. The van der Waals surface area contributed by atoms with Gasteiger partial charge in [-0.15, -0.1) is 0 Å². The second-order valence-electron chi connectivity index (χ2n) is 6.19. The smallest absolute Gasteiger partial charge is 0.419 e. The fourth-order valence-electron chi connectivity index (χ4n) is 2.80. The summed E-state index contributed by atoms with van der Waals surface area (Å²) in [5.74, 6) is 1.02. The van der Waals surface area contributed by atoms with Gasteiger partial charge in [-0.1, -0.05) is 12.1 Å². The van der Waals surface area contributed by atoms with E-state index in [-0.39, 0.29) is 18.9 Å². The second-order valence-corrected chi connectivity index (χ2v) is 6.19. The highest BCUT2D eigenvalue weighted by Crippen LogP contribution is 2.35. The normalized spacial score (nSPS) is 18.0. The summed E-state index contributed by atoms with van der Waals surface area (Å²) >= 11 is 0. The number of nitrogens with zero attached hydrogens (tertiary/aromatic N) is 2. The highest BCUT2D eigenvalue weighted by atomic mass is 19.4. The maximum atomic E-state index is 13.0.